The van der Waals surface area contributed by atoms with E-state index in [4.69, 9.17) is 18.6 Å². The molecule has 0 saturated heterocycles. The Morgan fingerprint density at radius 2 is 1.90 bits per heavy atom. The van der Waals surface area contributed by atoms with E-state index in [1.54, 1.807) is 18.2 Å². The maximum absolute atomic E-state index is 12.1. The van der Waals surface area contributed by atoms with E-state index in [0.29, 0.717) is 33.9 Å². The van der Waals surface area contributed by atoms with Crippen molar-refractivity contribution >= 4 is 33.7 Å². The minimum absolute atomic E-state index is 0.0280. The average molecular weight is 489 g/mol. The molecule has 0 unspecified atom stereocenters. The van der Waals surface area contributed by atoms with Crippen molar-refractivity contribution in [2.24, 2.45) is 0 Å². The Kier molecular flexibility index (Phi) is 7.76. The number of hydrogen-bond acceptors (Lipinski definition) is 8. The fraction of sp³-hybridized carbons (Fsp3) is 0.190. The Hall–Kier alpha value is -2.96. The topological polar surface area (TPSA) is 83.7 Å². The second-order valence-corrected chi connectivity index (χ2v) is 7.42. The van der Waals surface area contributed by atoms with Gasteiger partial charge >= 0.3 is 5.97 Å². The van der Waals surface area contributed by atoms with Gasteiger partial charge in [0.15, 0.2) is 18.1 Å². The third-order valence-electron chi connectivity index (χ3n) is 3.80. The number of thioether (sulfide) groups is 1. The number of hydrogen-bond donors (Lipinski definition) is 0. The molecular weight excluding hydrogens is 472 g/mol. The van der Waals surface area contributed by atoms with Crippen LogP contribution in [0.15, 0.2) is 56.6 Å². The number of aromatic nitrogens is 2. The molecule has 1 aromatic heterocycles. The summed E-state index contributed by atoms with van der Waals surface area (Å²) in [4.78, 5) is 12.1. The monoisotopic (exact) mass is 488 g/mol. The number of methoxy groups -OCH3 is 2. The van der Waals surface area contributed by atoms with Crippen LogP contribution in [0.2, 0.25) is 0 Å². The summed E-state index contributed by atoms with van der Waals surface area (Å²) >= 11 is 4.76. The van der Waals surface area contributed by atoms with Gasteiger partial charge in [0, 0.05) is 4.47 Å². The standard InChI is InChI=1S/C21H17BrN2O5S/c1-26-17-10-9-14(13-18(17)27-2)20(25)28-11-5-6-12-30-21-24-23-19(29-21)15-7-3-4-8-16(15)22/h3-4,7-10,13H,11-12H2,1-2H3. The molecule has 0 spiro atoms. The zero-order chi connectivity index (χ0) is 21.3. The van der Waals surface area contributed by atoms with E-state index in [1.807, 2.05) is 24.3 Å². The van der Waals surface area contributed by atoms with Gasteiger partial charge in [-0.05, 0) is 46.3 Å². The highest BCUT2D eigenvalue weighted by Gasteiger charge is 2.12. The van der Waals surface area contributed by atoms with Crippen molar-refractivity contribution in [2.75, 3.05) is 26.6 Å². The predicted molar refractivity (Wildman–Crippen MR) is 116 cm³/mol. The lowest BCUT2D eigenvalue weighted by Crippen LogP contribution is -2.06. The number of halogens is 1. The zero-order valence-corrected chi connectivity index (χ0v) is 18.6. The zero-order valence-electron chi connectivity index (χ0n) is 16.2. The fourth-order valence-electron chi connectivity index (χ4n) is 2.36. The molecule has 0 N–H and O–H groups in total. The minimum atomic E-state index is -0.493. The van der Waals surface area contributed by atoms with Gasteiger partial charge < -0.3 is 18.6 Å². The average Bonchev–Trinajstić information content (AvgIpc) is 3.24. The molecule has 154 valence electrons. The molecule has 0 radical (unpaired) electrons. The lowest BCUT2D eigenvalue weighted by Gasteiger charge is -2.08. The first-order chi connectivity index (χ1) is 14.6. The van der Waals surface area contributed by atoms with Crippen LogP contribution >= 0.6 is 27.7 Å². The highest BCUT2D eigenvalue weighted by molar-refractivity contribution is 9.10. The molecule has 3 rings (SSSR count). The molecular formula is C21H17BrN2O5S. The van der Waals surface area contributed by atoms with Crippen LogP contribution in [-0.4, -0.2) is 42.7 Å². The Balaban J connectivity index is 1.47. The van der Waals surface area contributed by atoms with Gasteiger partial charge in [-0.3, -0.25) is 0 Å². The quantitative estimate of drug-likeness (QED) is 0.273. The van der Waals surface area contributed by atoms with Gasteiger partial charge in [-0.15, -0.1) is 10.2 Å². The van der Waals surface area contributed by atoms with Crippen molar-refractivity contribution < 1.29 is 23.4 Å². The van der Waals surface area contributed by atoms with Crippen molar-refractivity contribution in [3.05, 3.63) is 52.5 Å². The van der Waals surface area contributed by atoms with E-state index in [9.17, 15) is 4.79 Å². The third-order valence-corrected chi connectivity index (χ3v) is 5.19. The van der Waals surface area contributed by atoms with E-state index in [1.165, 1.54) is 26.0 Å². The molecule has 2 aromatic carbocycles. The van der Waals surface area contributed by atoms with Crippen LogP contribution in [-0.2, 0) is 4.74 Å². The van der Waals surface area contributed by atoms with E-state index in [0.717, 1.165) is 10.0 Å². The summed E-state index contributed by atoms with van der Waals surface area (Å²) in [6.07, 6.45) is 0. The second-order valence-electron chi connectivity index (χ2n) is 5.64. The summed E-state index contributed by atoms with van der Waals surface area (Å²) in [5, 5.41) is 8.46. The van der Waals surface area contributed by atoms with Crippen molar-refractivity contribution in [1.82, 2.24) is 10.2 Å². The summed E-state index contributed by atoms with van der Waals surface area (Å²) in [7, 11) is 3.03. The van der Waals surface area contributed by atoms with Gasteiger partial charge in [0.2, 0.25) is 5.89 Å². The molecule has 1 heterocycles. The van der Waals surface area contributed by atoms with Gasteiger partial charge in [-0.25, -0.2) is 4.79 Å². The summed E-state index contributed by atoms with van der Waals surface area (Å²) in [5.74, 6) is 7.04. The normalized spacial score (nSPS) is 10.1. The van der Waals surface area contributed by atoms with E-state index in [-0.39, 0.29) is 6.61 Å². The molecule has 7 nitrogen and oxygen atoms in total. The van der Waals surface area contributed by atoms with Crippen molar-refractivity contribution in [3.63, 3.8) is 0 Å². The minimum Gasteiger partial charge on any atom is -0.493 e. The molecule has 0 amide bonds. The summed E-state index contributed by atoms with van der Waals surface area (Å²) < 4.78 is 22.0. The molecule has 0 aliphatic carbocycles. The summed E-state index contributed by atoms with van der Waals surface area (Å²) in [6, 6.07) is 12.4. The van der Waals surface area contributed by atoms with Crippen molar-refractivity contribution in [3.8, 4) is 34.8 Å². The molecule has 3 aromatic rings. The number of esters is 1. The molecule has 0 aliphatic rings. The van der Waals surface area contributed by atoms with Crippen LogP contribution in [0.4, 0.5) is 0 Å². The van der Waals surface area contributed by atoms with Gasteiger partial charge in [0.1, 0.15) is 0 Å². The summed E-state index contributed by atoms with van der Waals surface area (Å²) in [5.41, 5.74) is 1.18. The SMILES string of the molecule is COc1ccc(C(=O)OCC#CCSc2nnc(-c3ccccc3Br)o2)cc1OC. The van der Waals surface area contributed by atoms with E-state index in [2.05, 4.69) is 38.0 Å². The predicted octanol–water partition coefficient (Wildman–Crippen LogP) is 4.47. The molecule has 0 saturated carbocycles. The first kappa shape index (κ1) is 21.7. The number of carbonyl (C=O) groups is 1. The lowest BCUT2D eigenvalue weighted by atomic mass is 10.2. The first-order valence-electron chi connectivity index (χ1n) is 8.68. The molecule has 0 aliphatic heterocycles. The van der Waals surface area contributed by atoms with E-state index >= 15 is 0 Å². The number of benzene rings is 2. The van der Waals surface area contributed by atoms with Crippen LogP contribution < -0.4 is 9.47 Å². The van der Waals surface area contributed by atoms with Crippen molar-refractivity contribution in [1.29, 1.82) is 0 Å². The Labute approximate surface area is 186 Å². The second kappa shape index (κ2) is 10.7. The first-order valence-corrected chi connectivity index (χ1v) is 10.5. The van der Waals surface area contributed by atoms with Crippen LogP contribution in [0, 0.1) is 11.8 Å². The maximum atomic E-state index is 12.1. The molecule has 0 bridgehead atoms. The Morgan fingerprint density at radius 3 is 2.67 bits per heavy atom. The van der Waals surface area contributed by atoms with Gasteiger partial charge in [0.05, 0.1) is 31.1 Å². The van der Waals surface area contributed by atoms with Gasteiger partial charge in [0.25, 0.3) is 5.22 Å². The summed E-state index contributed by atoms with van der Waals surface area (Å²) in [6.45, 7) is -0.0280. The third kappa shape index (κ3) is 5.55. The molecule has 9 heteroatoms. The van der Waals surface area contributed by atoms with E-state index < -0.39 is 5.97 Å². The van der Waals surface area contributed by atoms with Crippen molar-refractivity contribution in [2.45, 2.75) is 5.22 Å². The maximum Gasteiger partial charge on any atom is 0.339 e. The fourth-order valence-corrected chi connectivity index (χ4v) is 3.35. The Morgan fingerprint density at radius 1 is 1.10 bits per heavy atom. The van der Waals surface area contributed by atoms with Crippen LogP contribution in [0.3, 0.4) is 0 Å². The van der Waals surface area contributed by atoms with Crippen LogP contribution in [0.1, 0.15) is 10.4 Å². The van der Waals surface area contributed by atoms with Crippen LogP contribution in [0.25, 0.3) is 11.5 Å². The molecule has 30 heavy (non-hydrogen) atoms. The lowest BCUT2D eigenvalue weighted by molar-refractivity contribution is 0.0556. The Bertz CT molecular complexity index is 1090. The number of rotatable bonds is 7. The highest BCUT2D eigenvalue weighted by Crippen LogP contribution is 2.29. The number of nitrogens with zero attached hydrogens (tertiary/aromatic N) is 2. The largest absolute Gasteiger partial charge is 0.493 e. The smallest absolute Gasteiger partial charge is 0.339 e. The number of ether oxygens (including phenoxy) is 3. The highest BCUT2D eigenvalue weighted by atomic mass is 79.9. The van der Waals surface area contributed by atoms with Gasteiger partial charge in [-0.1, -0.05) is 35.7 Å². The number of carbonyl (C=O) groups excluding carboxylic acids is 1. The molecule has 0 atom stereocenters. The van der Waals surface area contributed by atoms with Gasteiger partial charge in [-0.2, -0.15) is 0 Å². The van der Waals surface area contributed by atoms with Crippen LogP contribution in [0.5, 0.6) is 11.5 Å². The molecule has 0 fully saturated rings.